The molecule has 0 aromatic carbocycles. The summed E-state index contributed by atoms with van der Waals surface area (Å²) in [5, 5.41) is 0. The Morgan fingerprint density at radius 3 is 2.67 bits per heavy atom. The van der Waals surface area contributed by atoms with Gasteiger partial charge in [0.05, 0.1) is 6.10 Å². The largest absolute Gasteiger partial charge is 0.378 e. The molecule has 2 aliphatic rings. The van der Waals surface area contributed by atoms with Crippen LogP contribution in [0.3, 0.4) is 0 Å². The van der Waals surface area contributed by atoms with E-state index in [1.54, 1.807) is 0 Å². The monoisotopic (exact) mass is 253 g/mol. The molecule has 1 aliphatic heterocycles. The van der Waals surface area contributed by atoms with Crippen LogP contribution in [0.15, 0.2) is 0 Å². The molecule has 0 aromatic rings. The van der Waals surface area contributed by atoms with Crippen LogP contribution in [0, 0.1) is 11.8 Å². The van der Waals surface area contributed by atoms with E-state index < -0.39 is 0 Å². The third kappa shape index (κ3) is 3.96. The van der Waals surface area contributed by atoms with Crippen molar-refractivity contribution >= 4 is 0 Å². The van der Waals surface area contributed by atoms with E-state index in [4.69, 9.17) is 10.5 Å². The van der Waals surface area contributed by atoms with Crippen LogP contribution in [0.4, 0.5) is 0 Å². The first-order valence-corrected chi connectivity index (χ1v) is 7.99. The lowest BCUT2D eigenvalue weighted by Gasteiger charge is -2.29. The Morgan fingerprint density at radius 2 is 2.00 bits per heavy atom. The van der Waals surface area contributed by atoms with E-state index in [0.29, 0.717) is 6.10 Å². The Bertz CT molecular complexity index is 247. The van der Waals surface area contributed by atoms with E-state index in [2.05, 4.69) is 13.8 Å². The van der Waals surface area contributed by atoms with Crippen molar-refractivity contribution in [2.24, 2.45) is 17.6 Å². The molecule has 106 valence electrons. The summed E-state index contributed by atoms with van der Waals surface area (Å²) < 4.78 is 5.72. The topological polar surface area (TPSA) is 35.2 Å². The molecule has 3 atom stereocenters. The van der Waals surface area contributed by atoms with Crippen LogP contribution in [-0.2, 0) is 4.74 Å². The lowest BCUT2D eigenvalue weighted by atomic mass is 9.84. The summed E-state index contributed by atoms with van der Waals surface area (Å²) in [6.07, 6.45) is 11.9. The van der Waals surface area contributed by atoms with Gasteiger partial charge in [-0.05, 0) is 56.8 Å². The smallest absolute Gasteiger partial charge is 0.0576 e. The van der Waals surface area contributed by atoms with Crippen LogP contribution in [0.25, 0.3) is 0 Å². The number of nitrogens with two attached hydrogens (primary N) is 1. The molecule has 0 amide bonds. The first-order valence-electron chi connectivity index (χ1n) is 7.99. The highest BCUT2D eigenvalue weighted by atomic mass is 16.5. The number of rotatable bonds is 4. The van der Waals surface area contributed by atoms with Crippen molar-refractivity contribution in [1.29, 1.82) is 0 Å². The summed E-state index contributed by atoms with van der Waals surface area (Å²) >= 11 is 0. The molecule has 0 aromatic heterocycles. The molecule has 1 heterocycles. The van der Waals surface area contributed by atoms with Crippen molar-refractivity contribution in [3.05, 3.63) is 0 Å². The molecular formula is C16H31NO. The summed E-state index contributed by atoms with van der Waals surface area (Å²) in [7, 11) is 0. The third-order valence-electron chi connectivity index (χ3n) is 5.19. The molecule has 2 N–H and O–H groups in total. The zero-order valence-electron chi connectivity index (χ0n) is 12.3. The van der Waals surface area contributed by atoms with Crippen LogP contribution >= 0.6 is 0 Å². The second-order valence-electron chi connectivity index (χ2n) is 6.97. The van der Waals surface area contributed by atoms with Gasteiger partial charge in [0.15, 0.2) is 0 Å². The molecule has 2 fully saturated rings. The predicted octanol–water partition coefficient (Wildman–Crippen LogP) is 3.88. The minimum atomic E-state index is 0.107. The van der Waals surface area contributed by atoms with Gasteiger partial charge in [0.2, 0.25) is 0 Å². The molecule has 1 aliphatic carbocycles. The standard InChI is InChI=1S/C16H31NO/c1-13(2)14-5-3-9-16(17,10-7-14)11-8-15-6-4-12-18-15/h13-15H,3-12,17H2,1-2H3. The van der Waals surface area contributed by atoms with Crippen LogP contribution in [0.5, 0.6) is 0 Å². The predicted molar refractivity (Wildman–Crippen MR) is 76.5 cm³/mol. The molecule has 2 rings (SSSR count). The SMILES string of the molecule is CC(C)C1CCCC(N)(CCC2CCCO2)CC1. The Morgan fingerprint density at radius 1 is 1.17 bits per heavy atom. The van der Waals surface area contributed by atoms with Crippen molar-refractivity contribution in [3.63, 3.8) is 0 Å². The second-order valence-corrected chi connectivity index (χ2v) is 6.97. The minimum absolute atomic E-state index is 0.107. The van der Waals surface area contributed by atoms with Crippen LogP contribution in [0.2, 0.25) is 0 Å². The highest BCUT2D eigenvalue weighted by molar-refractivity contribution is 4.89. The van der Waals surface area contributed by atoms with E-state index in [1.165, 1.54) is 57.8 Å². The van der Waals surface area contributed by atoms with Gasteiger partial charge < -0.3 is 10.5 Å². The number of ether oxygens (including phenoxy) is 1. The van der Waals surface area contributed by atoms with Gasteiger partial charge in [0, 0.05) is 12.1 Å². The molecule has 18 heavy (non-hydrogen) atoms. The summed E-state index contributed by atoms with van der Waals surface area (Å²) in [4.78, 5) is 0. The van der Waals surface area contributed by atoms with Crippen molar-refractivity contribution in [2.75, 3.05) is 6.61 Å². The molecule has 1 saturated carbocycles. The average Bonchev–Trinajstić information content (AvgIpc) is 2.76. The summed E-state index contributed by atoms with van der Waals surface area (Å²) in [5.41, 5.74) is 6.75. The van der Waals surface area contributed by atoms with Crippen molar-refractivity contribution in [3.8, 4) is 0 Å². The van der Waals surface area contributed by atoms with Crippen LogP contribution in [0.1, 0.15) is 71.6 Å². The van der Waals surface area contributed by atoms with Gasteiger partial charge in [-0.25, -0.2) is 0 Å². The normalized spacial score (nSPS) is 38.0. The maximum atomic E-state index is 6.64. The Labute approximate surface area is 113 Å². The van der Waals surface area contributed by atoms with Gasteiger partial charge in [-0.2, -0.15) is 0 Å². The Hall–Kier alpha value is -0.0800. The highest BCUT2D eigenvalue weighted by Gasteiger charge is 2.31. The van der Waals surface area contributed by atoms with Crippen molar-refractivity contribution in [2.45, 2.75) is 83.3 Å². The fourth-order valence-electron chi connectivity index (χ4n) is 3.70. The number of hydrogen-bond donors (Lipinski definition) is 1. The van der Waals surface area contributed by atoms with E-state index >= 15 is 0 Å². The van der Waals surface area contributed by atoms with Crippen molar-refractivity contribution in [1.82, 2.24) is 0 Å². The highest BCUT2D eigenvalue weighted by Crippen LogP contribution is 2.35. The number of hydrogen-bond acceptors (Lipinski definition) is 2. The molecule has 2 nitrogen and oxygen atoms in total. The zero-order valence-corrected chi connectivity index (χ0v) is 12.3. The molecule has 3 unspecified atom stereocenters. The lowest BCUT2D eigenvalue weighted by Crippen LogP contribution is -2.40. The summed E-state index contributed by atoms with van der Waals surface area (Å²) in [6, 6.07) is 0. The maximum absolute atomic E-state index is 6.64. The second kappa shape index (κ2) is 6.38. The zero-order chi connectivity index (χ0) is 13.0. The third-order valence-corrected chi connectivity index (χ3v) is 5.19. The fraction of sp³-hybridized carbons (Fsp3) is 1.00. The molecule has 0 radical (unpaired) electrons. The molecule has 0 spiro atoms. The summed E-state index contributed by atoms with van der Waals surface area (Å²) in [6.45, 7) is 5.69. The molecule has 1 saturated heterocycles. The van der Waals surface area contributed by atoms with E-state index in [0.717, 1.165) is 18.4 Å². The van der Waals surface area contributed by atoms with Crippen molar-refractivity contribution < 1.29 is 4.74 Å². The summed E-state index contributed by atoms with van der Waals surface area (Å²) in [5.74, 6) is 1.73. The quantitative estimate of drug-likeness (QED) is 0.772. The van der Waals surface area contributed by atoms with Gasteiger partial charge in [-0.3, -0.25) is 0 Å². The van der Waals surface area contributed by atoms with Crippen LogP contribution < -0.4 is 5.73 Å². The lowest BCUT2D eigenvalue weighted by molar-refractivity contribution is 0.0944. The minimum Gasteiger partial charge on any atom is -0.378 e. The van der Waals surface area contributed by atoms with Gasteiger partial charge in [0.1, 0.15) is 0 Å². The average molecular weight is 253 g/mol. The van der Waals surface area contributed by atoms with E-state index in [-0.39, 0.29) is 5.54 Å². The molecular weight excluding hydrogens is 222 g/mol. The first kappa shape index (κ1) is 14.3. The Balaban J connectivity index is 1.78. The molecule has 2 heteroatoms. The maximum Gasteiger partial charge on any atom is 0.0576 e. The van der Waals surface area contributed by atoms with Gasteiger partial charge in [-0.15, -0.1) is 0 Å². The first-order chi connectivity index (χ1) is 8.59. The fourth-order valence-corrected chi connectivity index (χ4v) is 3.70. The molecule has 0 bridgehead atoms. The van der Waals surface area contributed by atoms with E-state index in [1.807, 2.05) is 0 Å². The van der Waals surface area contributed by atoms with Gasteiger partial charge in [-0.1, -0.05) is 26.7 Å². The van der Waals surface area contributed by atoms with Gasteiger partial charge in [0.25, 0.3) is 0 Å². The van der Waals surface area contributed by atoms with E-state index in [9.17, 15) is 0 Å². The Kier molecular flexibility index (Phi) is 5.08. The van der Waals surface area contributed by atoms with Gasteiger partial charge >= 0.3 is 0 Å². The van der Waals surface area contributed by atoms with Crippen LogP contribution in [-0.4, -0.2) is 18.2 Å².